The van der Waals surface area contributed by atoms with Gasteiger partial charge in [0.1, 0.15) is 6.61 Å². The molecule has 0 aromatic heterocycles. The number of ether oxygens (including phenoxy) is 1. The lowest BCUT2D eigenvalue weighted by molar-refractivity contribution is 0.0459. The number of carbonyl (C=O) groups excluding carboxylic acids is 2. The number of esters is 1. The molecule has 0 saturated carbocycles. The number of carbonyl (C=O) groups is 2. The van der Waals surface area contributed by atoms with Crippen LogP contribution in [0.5, 0.6) is 0 Å². The second-order valence-electron chi connectivity index (χ2n) is 6.37. The third-order valence-corrected chi connectivity index (χ3v) is 4.47. The minimum absolute atomic E-state index is 0.0729. The van der Waals surface area contributed by atoms with Gasteiger partial charge >= 0.3 is 5.97 Å². The molecule has 3 aromatic rings. The van der Waals surface area contributed by atoms with Crippen LogP contribution in [0.1, 0.15) is 26.3 Å². The predicted octanol–water partition coefficient (Wildman–Crippen LogP) is 5.02. The quantitative estimate of drug-likeness (QED) is 0.245. The summed E-state index contributed by atoms with van der Waals surface area (Å²) in [7, 11) is 1.48. The summed E-state index contributed by atoms with van der Waals surface area (Å²) < 4.78 is 72.1. The first-order chi connectivity index (χ1) is 14.7. The number of nitrogens with zero attached hydrogens (tertiary/aromatic N) is 1. The lowest BCUT2D eigenvalue weighted by atomic mass is 10.1. The summed E-state index contributed by atoms with van der Waals surface area (Å²) in [5.74, 6) is -12.6. The van der Waals surface area contributed by atoms with Crippen LogP contribution in [-0.2, 0) is 11.3 Å². The number of benzene rings is 3. The summed E-state index contributed by atoms with van der Waals surface area (Å²) >= 11 is 0. The summed E-state index contributed by atoms with van der Waals surface area (Å²) in [4.78, 5) is 26.6. The Morgan fingerprint density at radius 2 is 1.23 bits per heavy atom. The van der Waals surface area contributed by atoms with Crippen molar-refractivity contribution in [2.75, 3.05) is 11.9 Å². The van der Waals surface area contributed by atoms with Crippen molar-refractivity contribution in [3.63, 3.8) is 0 Å². The molecule has 0 aliphatic carbocycles. The number of amides is 1. The Hall–Kier alpha value is -3.75. The summed E-state index contributed by atoms with van der Waals surface area (Å²) in [6.07, 6.45) is 0. The lowest BCUT2D eigenvalue weighted by Gasteiger charge is -2.19. The van der Waals surface area contributed by atoms with Gasteiger partial charge in [-0.15, -0.1) is 0 Å². The Morgan fingerprint density at radius 1 is 0.742 bits per heavy atom. The Kier molecular flexibility index (Phi) is 6.33. The molecular weight excluding hydrogens is 421 g/mol. The van der Waals surface area contributed by atoms with Crippen molar-refractivity contribution in [2.24, 2.45) is 0 Å². The van der Waals surface area contributed by atoms with E-state index in [1.54, 1.807) is 30.3 Å². The van der Waals surface area contributed by atoms with Crippen molar-refractivity contribution >= 4 is 17.6 Å². The van der Waals surface area contributed by atoms with E-state index in [-0.39, 0.29) is 11.1 Å². The summed E-state index contributed by atoms with van der Waals surface area (Å²) in [6.45, 7) is -1.22. The van der Waals surface area contributed by atoms with Gasteiger partial charge in [-0.2, -0.15) is 0 Å². The fraction of sp³-hybridized carbons (Fsp3) is 0.0909. The highest BCUT2D eigenvalue weighted by atomic mass is 19.2. The van der Waals surface area contributed by atoms with E-state index in [1.165, 1.54) is 36.2 Å². The second-order valence-corrected chi connectivity index (χ2v) is 6.37. The molecule has 0 spiro atoms. The van der Waals surface area contributed by atoms with E-state index in [9.17, 15) is 31.5 Å². The van der Waals surface area contributed by atoms with Gasteiger partial charge in [-0.05, 0) is 24.3 Å². The van der Waals surface area contributed by atoms with Crippen LogP contribution in [0.3, 0.4) is 0 Å². The van der Waals surface area contributed by atoms with E-state index < -0.39 is 53.1 Å². The number of para-hydroxylation sites is 1. The molecule has 4 nitrogen and oxygen atoms in total. The van der Waals surface area contributed by atoms with Crippen molar-refractivity contribution in [2.45, 2.75) is 6.61 Å². The van der Waals surface area contributed by atoms with Gasteiger partial charge in [0.05, 0.1) is 16.7 Å². The number of halogens is 5. The number of anilines is 1. The van der Waals surface area contributed by atoms with Crippen LogP contribution in [0, 0.1) is 29.1 Å². The van der Waals surface area contributed by atoms with Crippen LogP contribution in [0.4, 0.5) is 27.6 Å². The topological polar surface area (TPSA) is 46.6 Å². The SMILES string of the molecule is CN(C(=O)c1ccccc1C(=O)OCc1c(F)c(F)c(F)c(F)c1F)c1ccccc1. The zero-order valence-corrected chi connectivity index (χ0v) is 16.0. The van der Waals surface area contributed by atoms with Crippen molar-refractivity contribution < 1.29 is 36.3 Å². The molecule has 0 heterocycles. The molecule has 0 bridgehead atoms. The third-order valence-electron chi connectivity index (χ3n) is 4.47. The molecule has 0 unspecified atom stereocenters. The van der Waals surface area contributed by atoms with Gasteiger partial charge in [-0.1, -0.05) is 30.3 Å². The highest BCUT2D eigenvalue weighted by Crippen LogP contribution is 2.24. The zero-order chi connectivity index (χ0) is 22.7. The average Bonchev–Trinajstić information content (AvgIpc) is 2.80. The Labute approximate surface area is 173 Å². The van der Waals surface area contributed by atoms with Crippen LogP contribution in [0.2, 0.25) is 0 Å². The summed E-state index contributed by atoms with van der Waals surface area (Å²) in [5, 5.41) is 0. The molecule has 9 heteroatoms. The fourth-order valence-electron chi connectivity index (χ4n) is 2.79. The van der Waals surface area contributed by atoms with E-state index in [0.29, 0.717) is 5.69 Å². The van der Waals surface area contributed by atoms with Gasteiger partial charge in [0.15, 0.2) is 23.3 Å². The van der Waals surface area contributed by atoms with E-state index >= 15 is 0 Å². The van der Waals surface area contributed by atoms with Gasteiger partial charge in [-0.3, -0.25) is 4.79 Å². The molecule has 160 valence electrons. The largest absolute Gasteiger partial charge is 0.457 e. The molecule has 0 atom stereocenters. The highest BCUT2D eigenvalue weighted by Gasteiger charge is 2.27. The summed E-state index contributed by atoms with van der Waals surface area (Å²) in [5.41, 5.74) is -1.07. The Morgan fingerprint density at radius 3 is 1.81 bits per heavy atom. The Bertz CT molecular complexity index is 1120. The molecule has 1 amide bonds. The van der Waals surface area contributed by atoms with Crippen LogP contribution in [-0.4, -0.2) is 18.9 Å². The first-order valence-corrected chi connectivity index (χ1v) is 8.83. The van der Waals surface area contributed by atoms with Gasteiger partial charge in [0.2, 0.25) is 5.82 Å². The van der Waals surface area contributed by atoms with Crippen LogP contribution < -0.4 is 4.90 Å². The van der Waals surface area contributed by atoms with Crippen molar-refractivity contribution in [1.82, 2.24) is 0 Å². The van der Waals surface area contributed by atoms with Gasteiger partial charge in [0, 0.05) is 12.7 Å². The normalized spacial score (nSPS) is 10.6. The standard InChI is InChI=1S/C22H14F5NO3/c1-28(12-7-3-2-4-8-12)21(29)13-9-5-6-10-14(13)22(30)31-11-15-16(23)18(25)20(27)19(26)17(15)24/h2-10H,11H2,1H3. The highest BCUT2D eigenvalue weighted by molar-refractivity contribution is 6.11. The maximum absolute atomic E-state index is 13.8. The molecular formula is C22H14F5NO3. The van der Waals surface area contributed by atoms with Crippen LogP contribution >= 0.6 is 0 Å². The lowest BCUT2D eigenvalue weighted by Crippen LogP contribution is -2.28. The summed E-state index contributed by atoms with van der Waals surface area (Å²) in [6, 6.07) is 14.0. The molecule has 31 heavy (non-hydrogen) atoms. The van der Waals surface area contributed by atoms with Crippen molar-refractivity contribution in [3.8, 4) is 0 Å². The molecule has 0 aliphatic heterocycles. The minimum Gasteiger partial charge on any atom is -0.457 e. The van der Waals surface area contributed by atoms with E-state index in [1.807, 2.05) is 0 Å². The first-order valence-electron chi connectivity index (χ1n) is 8.83. The molecule has 3 rings (SSSR count). The smallest absolute Gasteiger partial charge is 0.339 e. The van der Waals surface area contributed by atoms with Crippen molar-refractivity contribution in [1.29, 1.82) is 0 Å². The minimum atomic E-state index is -2.31. The van der Waals surface area contributed by atoms with Crippen LogP contribution in [0.25, 0.3) is 0 Å². The second kappa shape index (κ2) is 8.95. The van der Waals surface area contributed by atoms with Gasteiger partial charge in [0.25, 0.3) is 5.91 Å². The average molecular weight is 435 g/mol. The van der Waals surface area contributed by atoms with Crippen LogP contribution in [0.15, 0.2) is 54.6 Å². The van der Waals surface area contributed by atoms with E-state index in [0.717, 1.165) is 0 Å². The molecule has 0 aliphatic rings. The zero-order valence-electron chi connectivity index (χ0n) is 16.0. The molecule has 0 fully saturated rings. The maximum atomic E-state index is 13.8. The third kappa shape index (κ3) is 4.25. The number of hydrogen-bond donors (Lipinski definition) is 0. The van der Waals surface area contributed by atoms with Crippen molar-refractivity contribution in [3.05, 3.63) is 100 Å². The van der Waals surface area contributed by atoms with Gasteiger partial charge in [-0.25, -0.2) is 26.7 Å². The molecule has 0 radical (unpaired) electrons. The van der Waals surface area contributed by atoms with Gasteiger partial charge < -0.3 is 9.64 Å². The molecule has 0 saturated heterocycles. The Balaban J connectivity index is 1.86. The van der Waals surface area contributed by atoms with E-state index in [2.05, 4.69) is 0 Å². The molecule has 0 N–H and O–H groups in total. The maximum Gasteiger partial charge on any atom is 0.339 e. The monoisotopic (exact) mass is 435 g/mol. The van der Waals surface area contributed by atoms with E-state index in [4.69, 9.17) is 4.74 Å². The number of hydrogen-bond acceptors (Lipinski definition) is 3. The first kappa shape index (κ1) is 21.9. The fourth-order valence-corrected chi connectivity index (χ4v) is 2.79. The molecule has 3 aromatic carbocycles. The number of rotatable bonds is 5. The predicted molar refractivity (Wildman–Crippen MR) is 101 cm³/mol.